The highest BCUT2D eigenvalue weighted by atomic mass is 32.2. The van der Waals surface area contributed by atoms with Gasteiger partial charge in [-0.25, -0.2) is 13.1 Å². The zero-order valence-electron chi connectivity index (χ0n) is 14.5. The van der Waals surface area contributed by atoms with Gasteiger partial charge in [0.25, 0.3) is 0 Å². The lowest BCUT2D eigenvalue weighted by atomic mass is 9.97. The number of rotatable bonds is 8. The normalized spacial score (nSPS) is 13.0. The molecule has 0 aliphatic rings. The van der Waals surface area contributed by atoms with Gasteiger partial charge < -0.3 is 0 Å². The van der Waals surface area contributed by atoms with E-state index >= 15 is 0 Å². The lowest BCUT2D eigenvalue weighted by Gasteiger charge is -2.14. The lowest BCUT2D eigenvalue weighted by molar-refractivity contribution is 0.573. The summed E-state index contributed by atoms with van der Waals surface area (Å²) < 4.78 is 26.2. The summed E-state index contributed by atoms with van der Waals surface area (Å²) in [7, 11) is -3.15. The van der Waals surface area contributed by atoms with Gasteiger partial charge in [0.2, 0.25) is 10.0 Å². The van der Waals surface area contributed by atoms with Crippen molar-refractivity contribution >= 4 is 10.0 Å². The van der Waals surface area contributed by atoms with E-state index in [1.54, 1.807) is 0 Å². The number of nitrogens with one attached hydrogen (secondary N) is 1. The number of hydrogen-bond donors (Lipinski definition) is 1. The van der Waals surface area contributed by atoms with Gasteiger partial charge in [-0.2, -0.15) is 0 Å². The summed E-state index contributed by atoms with van der Waals surface area (Å²) in [4.78, 5) is 0. The number of benzene rings is 2. The summed E-state index contributed by atoms with van der Waals surface area (Å²) in [6, 6.07) is 16.7. The third-order valence-electron chi connectivity index (χ3n) is 4.14. The van der Waals surface area contributed by atoms with Crippen LogP contribution in [0.1, 0.15) is 37.3 Å². The third-order valence-corrected chi connectivity index (χ3v) is 5.69. The molecule has 129 valence electrons. The molecule has 0 aromatic heterocycles. The molecule has 1 radical (unpaired) electrons. The molecule has 3 nitrogen and oxygen atoms in total. The molecule has 2 rings (SSSR count). The van der Waals surface area contributed by atoms with Crippen LogP contribution in [0.15, 0.2) is 48.5 Å². The Labute approximate surface area is 146 Å². The maximum Gasteiger partial charge on any atom is 0.211 e. The molecule has 0 saturated carbocycles. The van der Waals surface area contributed by atoms with Crippen molar-refractivity contribution in [3.8, 4) is 11.1 Å². The van der Waals surface area contributed by atoms with Crippen LogP contribution >= 0.6 is 0 Å². The monoisotopic (exact) mass is 344 g/mol. The van der Waals surface area contributed by atoms with E-state index in [0.717, 1.165) is 17.5 Å². The van der Waals surface area contributed by atoms with Gasteiger partial charge in [-0.3, -0.25) is 0 Å². The highest BCUT2D eigenvalue weighted by Crippen LogP contribution is 2.23. The molecular formula is C20H26NO2S. The summed E-state index contributed by atoms with van der Waals surface area (Å²) in [5.74, 6) is 0.321. The van der Waals surface area contributed by atoms with Gasteiger partial charge >= 0.3 is 0 Å². The Morgan fingerprint density at radius 1 is 1.00 bits per heavy atom. The largest absolute Gasteiger partial charge is 0.215 e. The smallest absolute Gasteiger partial charge is 0.211 e. The van der Waals surface area contributed by atoms with Crippen LogP contribution in [-0.4, -0.2) is 20.7 Å². The van der Waals surface area contributed by atoms with Crippen molar-refractivity contribution in [1.82, 2.24) is 4.72 Å². The summed E-state index contributed by atoms with van der Waals surface area (Å²) in [5, 5.41) is 0. The molecule has 24 heavy (non-hydrogen) atoms. The van der Waals surface area contributed by atoms with E-state index < -0.39 is 10.0 Å². The Bertz CT molecular complexity index is 734. The summed E-state index contributed by atoms with van der Waals surface area (Å²) in [5.41, 5.74) is 4.69. The van der Waals surface area contributed by atoms with Gasteiger partial charge in [-0.15, -0.1) is 0 Å². The second-order valence-electron chi connectivity index (χ2n) is 6.14. The van der Waals surface area contributed by atoms with Gasteiger partial charge in [-0.1, -0.05) is 62.4 Å². The predicted molar refractivity (Wildman–Crippen MR) is 101 cm³/mol. The molecule has 0 saturated heterocycles. The van der Waals surface area contributed by atoms with Gasteiger partial charge in [-0.05, 0) is 47.9 Å². The number of hydrogen-bond acceptors (Lipinski definition) is 2. The van der Waals surface area contributed by atoms with E-state index in [1.807, 2.05) is 13.8 Å². The molecule has 0 spiro atoms. The fraction of sp³-hybridized carbons (Fsp3) is 0.350. The van der Waals surface area contributed by atoms with Crippen molar-refractivity contribution in [2.75, 3.05) is 12.3 Å². The van der Waals surface area contributed by atoms with Crippen LogP contribution in [0.4, 0.5) is 0 Å². The minimum atomic E-state index is -3.15. The van der Waals surface area contributed by atoms with E-state index in [9.17, 15) is 8.42 Å². The highest BCUT2D eigenvalue weighted by molar-refractivity contribution is 7.89. The fourth-order valence-electron chi connectivity index (χ4n) is 2.58. The maximum absolute atomic E-state index is 11.7. The molecule has 0 heterocycles. The van der Waals surface area contributed by atoms with Crippen LogP contribution in [0.2, 0.25) is 0 Å². The molecule has 0 aliphatic heterocycles. The Morgan fingerprint density at radius 3 is 2.04 bits per heavy atom. The van der Waals surface area contributed by atoms with Gasteiger partial charge in [0.05, 0.1) is 5.75 Å². The first kappa shape index (κ1) is 18.7. The zero-order chi connectivity index (χ0) is 17.6. The van der Waals surface area contributed by atoms with Crippen molar-refractivity contribution in [2.45, 2.75) is 32.6 Å². The summed E-state index contributed by atoms with van der Waals surface area (Å²) in [6.07, 6.45) is 1.43. The van der Waals surface area contributed by atoms with Crippen LogP contribution in [-0.2, 0) is 16.4 Å². The standard InChI is InChI=1S/C20H26NO2S/c1-4-14-24(22,23)21-15-16(3)18-10-12-20(13-11-18)19-8-6-17(5-2)7-9-19/h6-13,16,21H,2,4-5,14-15H2,1,3H3. The first-order chi connectivity index (χ1) is 11.4. The minimum absolute atomic E-state index is 0.138. The molecule has 0 bridgehead atoms. The first-order valence-electron chi connectivity index (χ1n) is 8.41. The molecule has 0 aliphatic carbocycles. The minimum Gasteiger partial charge on any atom is -0.215 e. The Hall–Kier alpha value is -1.65. The van der Waals surface area contributed by atoms with Crippen molar-refractivity contribution in [2.24, 2.45) is 0 Å². The summed E-state index contributed by atoms with van der Waals surface area (Å²) >= 11 is 0. The Kier molecular flexibility index (Phi) is 6.58. The zero-order valence-corrected chi connectivity index (χ0v) is 15.3. The van der Waals surface area contributed by atoms with Gasteiger partial charge in [0, 0.05) is 6.54 Å². The van der Waals surface area contributed by atoms with Crippen LogP contribution < -0.4 is 4.72 Å². The Balaban J connectivity index is 2.02. The van der Waals surface area contributed by atoms with E-state index in [2.05, 4.69) is 60.2 Å². The highest BCUT2D eigenvalue weighted by Gasteiger charge is 2.12. The van der Waals surface area contributed by atoms with Crippen molar-refractivity contribution in [1.29, 1.82) is 0 Å². The van der Waals surface area contributed by atoms with Crippen molar-refractivity contribution in [3.05, 3.63) is 66.6 Å². The second kappa shape index (κ2) is 8.45. The van der Waals surface area contributed by atoms with E-state index in [1.165, 1.54) is 11.1 Å². The molecule has 0 amide bonds. The quantitative estimate of drug-likeness (QED) is 0.781. The van der Waals surface area contributed by atoms with Crippen molar-refractivity contribution in [3.63, 3.8) is 0 Å². The molecule has 1 N–H and O–H groups in total. The first-order valence-corrected chi connectivity index (χ1v) is 10.1. The molecule has 4 heteroatoms. The molecule has 0 fully saturated rings. The van der Waals surface area contributed by atoms with Crippen LogP contribution in [0.5, 0.6) is 0 Å². The summed E-state index contributed by atoms with van der Waals surface area (Å²) in [6.45, 7) is 8.22. The lowest BCUT2D eigenvalue weighted by Crippen LogP contribution is -2.29. The van der Waals surface area contributed by atoms with E-state index in [-0.39, 0.29) is 11.7 Å². The molecule has 2 aromatic rings. The Morgan fingerprint density at radius 2 is 1.54 bits per heavy atom. The molecular weight excluding hydrogens is 318 g/mol. The maximum atomic E-state index is 11.7. The SMILES string of the molecule is [CH2]Cc1ccc(-c2ccc(C(C)CNS(=O)(=O)CCC)cc2)cc1. The van der Waals surface area contributed by atoms with Crippen LogP contribution in [0, 0.1) is 6.92 Å². The van der Waals surface area contributed by atoms with Crippen LogP contribution in [0.25, 0.3) is 11.1 Å². The predicted octanol–water partition coefficient (Wildman–Crippen LogP) is 4.16. The average molecular weight is 345 g/mol. The van der Waals surface area contributed by atoms with Crippen LogP contribution in [0.3, 0.4) is 0 Å². The van der Waals surface area contributed by atoms with E-state index in [4.69, 9.17) is 0 Å². The van der Waals surface area contributed by atoms with E-state index in [0.29, 0.717) is 13.0 Å². The fourth-order valence-corrected chi connectivity index (χ4v) is 3.76. The molecule has 1 atom stereocenters. The van der Waals surface area contributed by atoms with Gasteiger partial charge in [0.1, 0.15) is 0 Å². The second-order valence-corrected chi connectivity index (χ2v) is 8.06. The van der Waals surface area contributed by atoms with Gasteiger partial charge in [0.15, 0.2) is 0 Å². The molecule has 2 aromatic carbocycles. The number of sulfonamides is 1. The topological polar surface area (TPSA) is 46.2 Å². The van der Waals surface area contributed by atoms with Crippen molar-refractivity contribution < 1.29 is 8.42 Å². The average Bonchev–Trinajstić information content (AvgIpc) is 2.60. The molecule has 1 unspecified atom stereocenters. The third kappa shape index (κ3) is 5.18.